The monoisotopic (exact) mass is 303 g/mol. The molecule has 2 aliphatic rings. The second-order valence-electron chi connectivity index (χ2n) is 6.66. The number of esters is 1. The van der Waals surface area contributed by atoms with Crippen molar-refractivity contribution in [3.63, 3.8) is 0 Å². The Morgan fingerprint density at radius 1 is 1.18 bits per heavy atom. The Kier molecular flexibility index (Phi) is 4.79. The molecule has 1 aromatic carbocycles. The van der Waals surface area contributed by atoms with E-state index in [4.69, 9.17) is 15.2 Å². The first-order valence-electron chi connectivity index (χ1n) is 8.24. The Balaban J connectivity index is 1.87. The third kappa shape index (κ3) is 3.68. The molecule has 4 heteroatoms. The van der Waals surface area contributed by atoms with Crippen LogP contribution in [-0.4, -0.2) is 31.3 Å². The molecule has 1 aliphatic carbocycles. The van der Waals surface area contributed by atoms with Crippen molar-refractivity contribution in [1.29, 1.82) is 0 Å². The van der Waals surface area contributed by atoms with Crippen molar-refractivity contribution in [2.45, 2.75) is 44.2 Å². The highest BCUT2D eigenvalue weighted by Crippen LogP contribution is 2.42. The van der Waals surface area contributed by atoms with Crippen molar-refractivity contribution < 1.29 is 14.3 Å². The third-order valence-corrected chi connectivity index (χ3v) is 4.77. The van der Waals surface area contributed by atoms with Crippen molar-refractivity contribution in [3.8, 4) is 0 Å². The van der Waals surface area contributed by atoms with E-state index in [0.717, 1.165) is 12.3 Å². The fourth-order valence-corrected chi connectivity index (χ4v) is 3.46. The molecule has 2 fully saturated rings. The number of carbonyl (C=O) groups is 1. The minimum absolute atomic E-state index is 0.163. The SMILES string of the molecule is C[C@@H]1OC(=O)[C@@H](N)COC[C@H](CC2CC2)[C@H]1c1ccccc1. The van der Waals surface area contributed by atoms with Crippen molar-refractivity contribution in [3.05, 3.63) is 35.9 Å². The standard InChI is InChI=1S/C18H25NO3/c1-12-17(14-5-3-2-4-6-14)15(9-13-7-8-13)10-21-11-16(19)18(20)22-12/h2-6,12-13,15-17H,7-11,19H2,1H3/t12-,15-,16-,17+/m0/s1. The number of carbonyl (C=O) groups excluding carboxylic acids is 1. The number of cyclic esters (lactones) is 1. The molecule has 1 aliphatic heterocycles. The highest BCUT2D eigenvalue weighted by atomic mass is 16.5. The number of hydrogen-bond donors (Lipinski definition) is 1. The summed E-state index contributed by atoms with van der Waals surface area (Å²) in [7, 11) is 0. The first-order valence-corrected chi connectivity index (χ1v) is 8.24. The summed E-state index contributed by atoms with van der Waals surface area (Å²) in [6.07, 6.45) is 3.57. The lowest BCUT2D eigenvalue weighted by molar-refractivity contribution is -0.151. The summed E-state index contributed by atoms with van der Waals surface area (Å²) in [5.41, 5.74) is 7.04. The van der Waals surface area contributed by atoms with Crippen LogP contribution in [0.15, 0.2) is 30.3 Å². The zero-order valence-corrected chi connectivity index (χ0v) is 13.1. The second-order valence-corrected chi connectivity index (χ2v) is 6.66. The van der Waals surface area contributed by atoms with E-state index in [2.05, 4.69) is 12.1 Å². The molecule has 0 amide bonds. The van der Waals surface area contributed by atoms with Gasteiger partial charge in [0.15, 0.2) is 0 Å². The van der Waals surface area contributed by atoms with Gasteiger partial charge in [0.05, 0.1) is 13.2 Å². The van der Waals surface area contributed by atoms with E-state index < -0.39 is 6.04 Å². The largest absolute Gasteiger partial charge is 0.461 e. The Hall–Kier alpha value is -1.39. The first-order chi connectivity index (χ1) is 10.6. The summed E-state index contributed by atoms with van der Waals surface area (Å²) in [6.45, 7) is 2.87. The molecule has 22 heavy (non-hydrogen) atoms. The smallest absolute Gasteiger partial charge is 0.325 e. The molecular weight excluding hydrogens is 278 g/mol. The predicted molar refractivity (Wildman–Crippen MR) is 84.4 cm³/mol. The fourth-order valence-electron chi connectivity index (χ4n) is 3.46. The molecule has 0 radical (unpaired) electrons. The van der Waals surface area contributed by atoms with Gasteiger partial charge in [0.2, 0.25) is 0 Å². The molecule has 4 nitrogen and oxygen atoms in total. The van der Waals surface area contributed by atoms with Crippen LogP contribution in [0, 0.1) is 11.8 Å². The van der Waals surface area contributed by atoms with Gasteiger partial charge >= 0.3 is 5.97 Å². The van der Waals surface area contributed by atoms with Gasteiger partial charge in [-0.15, -0.1) is 0 Å². The van der Waals surface area contributed by atoms with Crippen molar-refractivity contribution in [2.24, 2.45) is 17.6 Å². The minimum Gasteiger partial charge on any atom is -0.461 e. The topological polar surface area (TPSA) is 61.5 Å². The van der Waals surface area contributed by atoms with Gasteiger partial charge in [-0.1, -0.05) is 43.2 Å². The molecule has 1 heterocycles. The van der Waals surface area contributed by atoms with Crippen LogP contribution in [0.2, 0.25) is 0 Å². The lowest BCUT2D eigenvalue weighted by Gasteiger charge is -2.31. The Labute approximate surface area is 132 Å². The molecule has 120 valence electrons. The molecule has 3 rings (SSSR count). The Morgan fingerprint density at radius 3 is 2.59 bits per heavy atom. The van der Waals surface area contributed by atoms with Gasteiger partial charge in [0, 0.05) is 5.92 Å². The third-order valence-electron chi connectivity index (χ3n) is 4.77. The quantitative estimate of drug-likeness (QED) is 0.871. The zero-order valence-electron chi connectivity index (χ0n) is 13.1. The second kappa shape index (κ2) is 6.80. The van der Waals surface area contributed by atoms with Crippen LogP contribution in [-0.2, 0) is 14.3 Å². The summed E-state index contributed by atoms with van der Waals surface area (Å²) in [5.74, 6) is 0.969. The maximum absolute atomic E-state index is 12.0. The van der Waals surface area contributed by atoms with E-state index in [-0.39, 0.29) is 24.6 Å². The van der Waals surface area contributed by atoms with Gasteiger partial charge in [-0.2, -0.15) is 0 Å². The van der Waals surface area contributed by atoms with Crippen LogP contribution in [0.3, 0.4) is 0 Å². The van der Waals surface area contributed by atoms with Gasteiger partial charge in [-0.3, -0.25) is 4.79 Å². The molecule has 0 aromatic heterocycles. The van der Waals surface area contributed by atoms with E-state index in [9.17, 15) is 4.79 Å². The maximum atomic E-state index is 12.0. The van der Waals surface area contributed by atoms with Crippen molar-refractivity contribution >= 4 is 5.97 Å². The molecule has 0 bridgehead atoms. The average molecular weight is 303 g/mol. The molecule has 0 unspecified atom stereocenters. The molecular formula is C18H25NO3. The Bertz CT molecular complexity index is 500. The summed E-state index contributed by atoms with van der Waals surface area (Å²) >= 11 is 0. The maximum Gasteiger partial charge on any atom is 0.325 e. The summed E-state index contributed by atoms with van der Waals surface area (Å²) in [5, 5.41) is 0. The minimum atomic E-state index is -0.682. The van der Waals surface area contributed by atoms with Crippen LogP contribution in [0.4, 0.5) is 0 Å². The number of benzene rings is 1. The number of hydrogen-bond acceptors (Lipinski definition) is 4. The van der Waals surface area contributed by atoms with Crippen molar-refractivity contribution in [1.82, 2.24) is 0 Å². The Morgan fingerprint density at radius 2 is 1.91 bits per heavy atom. The first kappa shape index (κ1) is 15.5. The van der Waals surface area contributed by atoms with E-state index in [0.29, 0.717) is 12.5 Å². The van der Waals surface area contributed by atoms with Crippen LogP contribution in [0.5, 0.6) is 0 Å². The molecule has 1 saturated carbocycles. The number of rotatable bonds is 3. The van der Waals surface area contributed by atoms with E-state index in [1.165, 1.54) is 18.4 Å². The van der Waals surface area contributed by atoms with E-state index in [1.54, 1.807) is 0 Å². The van der Waals surface area contributed by atoms with E-state index in [1.807, 2.05) is 25.1 Å². The van der Waals surface area contributed by atoms with Gasteiger partial charge in [-0.25, -0.2) is 0 Å². The van der Waals surface area contributed by atoms with Crippen LogP contribution >= 0.6 is 0 Å². The summed E-state index contributed by atoms with van der Waals surface area (Å²) in [4.78, 5) is 12.0. The molecule has 1 aromatic rings. The number of nitrogens with two attached hydrogens (primary N) is 1. The summed E-state index contributed by atoms with van der Waals surface area (Å²) in [6, 6.07) is 9.64. The average Bonchev–Trinajstić information content (AvgIpc) is 3.31. The molecule has 1 saturated heterocycles. The fraction of sp³-hybridized carbons (Fsp3) is 0.611. The van der Waals surface area contributed by atoms with Gasteiger partial charge in [-0.05, 0) is 30.7 Å². The highest BCUT2D eigenvalue weighted by molar-refractivity contribution is 5.75. The van der Waals surface area contributed by atoms with Gasteiger partial charge in [0.25, 0.3) is 0 Å². The lowest BCUT2D eigenvalue weighted by Crippen LogP contribution is -2.38. The van der Waals surface area contributed by atoms with Gasteiger partial charge < -0.3 is 15.2 Å². The molecule has 0 spiro atoms. The van der Waals surface area contributed by atoms with Gasteiger partial charge in [0.1, 0.15) is 12.1 Å². The van der Waals surface area contributed by atoms with Crippen LogP contribution < -0.4 is 5.73 Å². The predicted octanol–water partition coefficient (Wildman–Crippen LogP) is 2.48. The van der Waals surface area contributed by atoms with Crippen molar-refractivity contribution in [2.75, 3.05) is 13.2 Å². The molecule has 2 N–H and O–H groups in total. The van der Waals surface area contributed by atoms with Crippen LogP contribution in [0.1, 0.15) is 37.7 Å². The number of ether oxygens (including phenoxy) is 2. The normalized spacial score (nSPS) is 33.5. The molecule has 4 atom stereocenters. The highest BCUT2D eigenvalue weighted by Gasteiger charge is 2.37. The summed E-state index contributed by atoms with van der Waals surface area (Å²) < 4.78 is 11.4. The lowest BCUT2D eigenvalue weighted by atomic mass is 9.80. The van der Waals surface area contributed by atoms with Crippen LogP contribution in [0.25, 0.3) is 0 Å². The zero-order chi connectivity index (χ0) is 15.5. The van der Waals surface area contributed by atoms with E-state index >= 15 is 0 Å².